The minimum Gasteiger partial charge on any atom is -0.481 e. The first-order valence-corrected chi connectivity index (χ1v) is 7.99. The zero-order valence-corrected chi connectivity index (χ0v) is 14.4. The molecule has 1 heterocycles. The number of hydrogen-bond acceptors (Lipinski definition) is 4. The monoisotopic (exact) mass is 347 g/mol. The SMILES string of the molecule is CN=CC(=CN)C1C(C(=O)O)c2ccc(F)cc2C(=O)N1CC(C)C. The Balaban J connectivity index is 2.72. The Hall–Kier alpha value is -2.70. The minimum absolute atomic E-state index is 0.0779. The molecule has 0 saturated heterocycles. The van der Waals surface area contributed by atoms with E-state index in [4.69, 9.17) is 5.73 Å². The molecule has 2 atom stereocenters. The zero-order valence-electron chi connectivity index (χ0n) is 14.4. The van der Waals surface area contributed by atoms with Gasteiger partial charge in [0, 0.05) is 37.1 Å². The number of rotatable bonds is 5. The first-order chi connectivity index (χ1) is 11.8. The van der Waals surface area contributed by atoms with Crippen molar-refractivity contribution in [1.29, 1.82) is 0 Å². The van der Waals surface area contributed by atoms with E-state index in [1.807, 2.05) is 13.8 Å². The second-order valence-corrected chi connectivity index (χ2v) is 6.40. The van der Waals surface area contributed by atoms with E-state index in [1.165, 1.54) is 23.4 Å². The number of carbonyl (C=O) groups is 2. The highest BCUT2D eigenvalue weighted by molar-refractivity contribution is 6.02. The van der Waals surface area contributed by atoms with Gasteiger partial charge < -0.3 is 15.7 Å². The Morgan fingerprint density at radius 2 is 2.16 bits per heavy atom. The van der Waals surface area contributed by atoms with Crippen LogP contribution in [0.4, 0.5) is 4.39 Å². The predicted molar refractivity (Wildman–Crippen MR) is 93.1 cm³/mol. The number of halogens is 1. The third kappa shape index (κ3) is 3.55. The fraction of sp³-hybridized carbons (Fsp3) is 0.389. The molecule has 0 bridgehead atoms. The molecule has 2 unspecified atom stereocenters. The van der Waals surface area contributed by atoms with Crippen LogP contribution in [0.1, 0.15) is 35.7 Å². The molecule has 6 nitrogen and oxygen atoms in total. The summed E-state index contributed by atoms with van der Waals surface area (Å²) in [7, 11) is 1.54. The van der Waals surface area contributed by atoms with Gasteiger partial charge in [-0.05, 0) is 23.6 Å². The fourth-order valence-electron chi connectivity index (χ4n) is 3.21. The highest BCUT2D eigenvalue weighted by atomic mass is 19.1. The summed E-state index contributed by atoms with van der Waals surface area (Å²) in [5.41, 5.74) is 6.48. The highest BCUT2D eigenvalue weighted by Crippen LogP contribution is 2.37. The molecule has 25 heavy (non-hydrogen) atoms. The number of fused-ring (bicyclic) bond motifs is 1. The zero-order chi connectivity index (χ0) is 18.7. The summed E-state index contributed by atoms with van der Waals surface area (Å²) in [6.45, 7) is 4.15. The van der Waals surface area contributed by atoms with Gasteiger partial charge in [-0.25, -0.2) is 4.39 Å². The Kier molecular flexibility index (Phi) is 5.56. The van der Waals surface area contributed by atoms with Gasteiger partial charge in [0.1, 0.15) is 11.7 Å². The van der Waals surface area contributed by atoms with Gasteiger partial charge in [0.25, 0.3) is 5.91 Å². The smallest absolute Gasteiger partial charge is 0.313 e. The molecule has 0 fully saturated rings. The predicted octanol–water partition coefficient (Wildman–Crippen LogP) is 2.02. The van der Waals surface area contributed by atoms with Crippen LogP contribution in [0.25, 0.3) is 0 Å². The molecule has 1 aliphatic heterocycles. The molecule has 134 valence electrons. The molecule has 1 aliphatic rings. The summed E-state index contributed by atoms with van der Waals surface area (Å²) < 4.78 is 13.7. The first-order valence-electron chi connectivity index (χ1n) is 7.99. The van der Waals surface area contributed by atoms with Crippen LogP contribution in [0, 0.1) is 11.7 Å². The molecule has 7 heteroatoms. The Morgan fingerprint density at radius 3 is 2.68 bits per heavy atom. The lowest BCUT2D eigenvalue weighted by molar-refractivity contribution is -0.140. The average molecular weight is 347 g/mol. The van der Waals surface area contributed by atoms with Crippen molar-refractivity contribution in [1.82, 2.24) is 4.90 Å². The van der Waals surface area contributed by atoms with Gasteiger partial charge in [-0.3, -0.25) is 14.6 Å². The number of hydrogen-bond donors (Lipinski definition) is 2. The van der Waals surface area contributed by atoms with Crippen LogP contribution in [-0.2, 0) is 4.79 Å². The number of nitrogens with two attached hydrogens (primary N) is 1. The van der Waals surface area contributed by atoms with Crippen molar-refractivity contribution in [2.24, 2.45) is 16.6 Å². The molecule has 0 aromatic heterocycles. The van der Waals surface area contributed by atoms with E-state index in [9.17, 15) is 19.1 Å². The quantitative estimate of drug-likeness (QED) is 0.797. The van der Waals surface area contributed by atoms with Crippen LogP contribution >= 0.6 is 0 Å². The van der Waals surface area contributed by atoms with Crippen molar-refractivity contribution in [2.75, 3.05) is 13.6 Å². The van der Waals surface area contributed by atoms with Crippen LogP contribution in [0.15, 0.2) is 35.0 Å². The number of nitrogens with zero attached hydrogens (tertiary/aromatic N) is 2. The number of amides is 1. The number of aliphatic carboxylic acids is 1. The molecule has 0 aliphatic carbocycles. The van der Waals surface area contributed by atoms with Crippen molar-refractivity contribution < 1.29 is 19.1 Å². The number of carboxylic acid groups (broad SMARTS) is 1. The lowest BCUT2D eigenvalue weighted by Gasteiger charge is -2.41. The second-order valence-electron chi connectivity index (χ2n) is 6.40. The summed E-state index contributed by atoms with van der Waals surface area (Å²) in [6, 6.07) is 2.81. The van der Waals surface area contributed by atoms with Crippen molar-refractivity contribution in [3.63, 3.8) is 0 Å². The van der Waals surface area contributed by atoms with Gasteiger partial charge in [-0.15, -0.1) is 0 Å². The summed E-state index contributed by atoms with van der Waals surface area (Å²) in [6.07, 6.45) is 2.72. The first kappa shape index (κ1) is 18.6. The lowest BCUT2D eigenvalue weighted by atomic mass is 9.79. The van der Waals surface area contributed by atoms with E-state index in [-0.39, 0.29) is 17.0 Å². The third-order valence-corrected chi connectivity index (χ3v) is 4.13. The maximum Gasteiger partial charge on any atom is 0.313 e. The van der Waals surface area contributed by atoms with Gasteiger partial charge in [-0.2, -0.15) is 0 Å². The van der Waals surface area contributed by atoms with Gasteiger partial charge in [0.15, 0.2) is 0 Å². The molecule has 0 saturated carbocycles. The maximum atomic E-state index is 13.7. The molecular weight excluding hydrogens is 325 g/mol. The standard InChI is InChI=1S/C18H22FN3O3/c1-10(2)9-22-16(11(7-20)8-21-3)15(18(24)25)13-5-4-12(19)6-14(13)17(22)23/h4-8,10,15-16H,9,20H2,1-3H3,(H,24,25). The largest absolute Gasteiger partial charge is 0.481 e. The van der Waals surface area contributed by atoms with E-state index in [0.29, 0.717) is 12.1 Å². The Morgan fingerprint density at radius 1 is 1.48 bits per heavy atom. The van der Waals surface area contributed by atoms with Crippen LogP contribution < -0.4 is 5.73 Å². The molecule has 1 aromatic rings. The van der Waals surface area contributed by atoms with Gasteiger partial charge in [0.2, 0.25) is 0 Å². The highest BCUT2D eigenvalue weighted by Gasteiger charge is 2.45. The maximum absolute atomic E-state index is 13.7. The van der Waals surface area contributed by atoms with Crippen molar-refractivity contribution in [3.05, 3.63) is 46.9 Å². The molecule has 1 aromatic carbocycles. The Labute approximate surface area is 145 Å². The molecule has 2 rings (SSSR count). The number of aliphatic imine (C=N–C) groups is 1. The third-order valence-electron chi connectivity index (χ3n) is 4.13. The van der Waals surface area contributed by atoms with E-state index in [0.717, 1.165) is 12.1 Å². The minimum atomic E-state index is -1.11. The summed E-state index contributed by atoms with van der Waals surface area (Å²) >= 11 is 0. The summed E-state index contributed by atoms with van der Waals surface area (Å²) in [4.78, 5) is 30.4. The topological polar surface area (TPSA) is 96.0 Å². The van der Waals surface area contributed by atoms with Crippen LogP contribution in [0.5, 0.6) is 0 Å². The average Bonchev–Trinajstić information content (AvgIpc) is 2.54. The van der Waals surface area contributed by atoms with Gasteiger partial charge >= 0.3 is 5.97 Å². The molecule has 3 N–H and O–H groups in total. The van der Waals surface area contributed by atoms with Gasteiger partial charge in [-0.1, -0.05) is 19.9 Å². The second kappa shape index (κ2) is 7.46. The lowest BCUT2D eigenvalue weighted by Crippen LogP contribution is -2.52. The van der Waals surface area contributed by atoms with Crippen LogP contribution in [-0.4, -0.2) is 47.7 Å². The number of carboxylic acids is 1. The van der Waals surface area contributed by atoms with E-state index in [1.54, 1.807) is 7.05 Å². The van der Waals surface area contributed by atoms with E-state index in [2.05, 4.69) is 4.99 Å². The molecular formula is C18H22FN3O3. The van der Waals surface area contributed by atoms with Crippen molar-refractivity contribution in [2.45, 2.75) is 25.8 Å². The van der Waals surface area contributed by atoms with E-state index < -0.39 is 29.7 Å². The Bertz CT molecular complexity index is 743. The van der Waals surface area contributed by atoms with E-state index >= 15 is 0 Å². The van der Waals surface area contributed by atoms with Crippen molar-refractivity contribution >= 4 is 18.1 Å². The number of carbonyl (C=O) groups excluding carboxylic acids is 1. The van der Waals surface area contributed by atoms with Crippen LogP contribution in [0.2, 0.25) is 0 Å². The normalized spacial score (nSPS) is 21.1. The summed E-state index contributed by atoms with van der Waals surface area (Å²) in [5.74, 6) is -3.06. The molecule has 1 amide bonds. The molecule has 0 radical (unpaired) electrons. The van der Waals surface area contributed by atoms with Crippen molar-refractivity contribution in [3.8, 4) is 0 Å². The summed E-state index contributed by atoms with van der Waals surface area (Å²) in [5, 5.41) is 9.83. The fourth-order valence-corrected chi connectivity index (χ4v) is 3.21. The van der Waals surface area contributed by atoms with Gasteiger partial charge in [0.05, 0.1) is 6.04 Å². The van der Waals surface area contributed by atoms with Crippen LogP contribution in [0.3, 0.4) is 0 Å². The number of benzene rings is 1. The molecule has 0 spiro atoms.